The number of fused-ring (bicyclic) bond motifs is 1. The van der Waals surface area contributed by atoms with Crippen LogP contribution in [0.2, 0.25) is 5.02 Å². The molecule has 4 aromatic rings. The number of rotatable bonds is 6. The Hall–Kier alpha value is -3.23. The molecule has 0 bridgehead atoms. The Morgan fingerprint density at radius 3 is 2.68 bits per heavy atom. The van der Waals surface area contributed by atoms with Gasteiger partial charge in [0.1, 0.15) is 6.61 Å². The van der Waals surface area contributed by atoms with Crippen LogP contribution in [0.15, 0.2) is 65.3 Å². The van der Waals surface area contributed by atoms with Gasteiger partial charge in [-0.2, -0.15) is 0 Å². The molecule has 7 nitrogen and oxygen atoms in total. The molecule has 2 heterocycles. The third-order valence-corrected chi connectivity index (χ3v) is 5.05. The van der Waals surface area contributed by atoms with E-state index >= 15 is 0 Å². The van der Waals surface area contributed by atoms with E-state index in [2.05, 4.69) is 10.1 Å². The number of hydrogen-bond acceptors (Lipinski definition) is 6. The van der Waals surface area contributed by atoms with Crippen molar-refractivity contribution < 1.29 is 9.76 Å². The monoisotopic (exact) mass is 412 g/mol. The van der Waals surface area contributed by atoms with Crippen molar-refractivity contribution in [1.29, 1.82) is 0 Å². The number of non-ortho nitro benzene ring substituents is 1. The molecule has 9 heteroatoms. The zero-order valence-corrected chi connectivity index (χ0v) is 15.9. The summed E-state index contributed by atoms with van der Waals surface area (Å²) >= 11 is 7.51. The largest absolute Gasteiger partial charge is 0.391 e. The van der Waals surface area contributed by atoms with Crippen molar-refractivity contribution in [3.05, 3.63) is 86.5 Å². The van der Waals surface area contributed by atoms with Crippen LogP contribution in [0.4, 0.5) is 5.69 Å². The molecule has 2 aromatic carbocycles. The van der Waals surface area contributed by atoms with Crippen LogP contribution in [0.5, 0.6) is 0 Å². The molecule has 0 radical (unpaired) electrons. The van der Waals surface area contributed by atoms with Gasteiger partial charge in [0.2, 0.25) is 0 Å². The predicted octanol–water partition coefficient (Wildman–Crippen LogP) is 5.18. The molecular weight excluding hydrogens is 400 g/mol. The number of hydrogen-bond donors (Lipinski definition) is 0. The van der Waals surface area contributed by atoms with Gasteiger partial charge in [0.25, 0.3) is 5.69 Å². The Morgan fingerprint density at radius 2 is 1.96 bits per heavy atom. The molecule has 0 amide bonds. The fraction of sp³-hybridized carbons (Fsp3) is 0.0526. The number of nitrogens with zero attached hydrogens (tertiary/aromatic N) is 4. The van der Waals surface area contributed by atoms with E-state index in [1.807, 2.05) is 40.2 Å². The molecular formula is C19H13ClN4O3S. The zero-order chi connectivity index (χ0) is 19.5. The second-order valence-electron chi connectivity index (χ2n) is 5.84. The summed E-state index contributed by atoms with van der Waals surface area (Å²) in [5, 5.41) is 17.4. The van der Waals surface area contributed by atoms with E-state index < -0.39 is 4.92 Å². The predicted molar refractivity (Wildman–Crippen MR) is 109 cm³/mol. The first kappa shape index (κ1) is 18.1. The number of nitro benzene ring substituents is 1. The number of aromatic nitrogens is 2. The van der Waals surface area contributed by atoms with E-state index in [4.69, 9.17) is 16.4 Å². The van der Waals surface area contributed by atoms with Crippen LogP contribution in [0.3, 0.4) is 0 Å². The quantitative estimate of drug-likeness (QED) is 0.248. The molecule has 0 fully saturated rings. The minimum Gasteiger partial charge on any atom is -0.391 e. The third-order valence-electron chi connectivity index (χ3n) is 4.04. The first-order valence-corrected chi connectivity index (χ1v) is 9.48. The molecule has 0 saturated carbocycles. The van der Waals surface area contributed by atoms with E-state index in [1.165, 1.54) is 23.5 Å². The SMILES string of the molecule is O=[N+]([O-])c1ccc(CON=Cc2c(-c3ccc(Cl)cc3)nc3sccn23)cc1. The number of oxime groups is 1. The van der Waals surface area contributed by atoms with E-state index in [1.54, 1.807) is 18.3 Å². The standard InChI is InChI=1S/C19H13ClN4O3S/c20-15-5-3-14(4-6-15)18-17(23-9-10-28-19(23)22-18)11-21-27-12-13-1-7-16(8-2-13)24(25)26/h1-11H,12H2. The van der Waals surface area contributed by atoms with Gasteiger partial charge in [0.15, 0.2) is 4.96 Å². The lowest BCUT2D eigenvalue weighted by Crippen LogP contribution is -1.94. The molecule has 0 unspecified atom stereocenters. The number of thiazole rings is 1. The molecule has 4 rings (SSSR count). The van der Waals surface area contributed by atoms with Crippen molar-refractivity contribution in [2.24, 2.45) is 5.16 Å². The maximum absolute atomic E-state index is 10.7. The van der Waals surface area contributed by atoms with Gasteiger partial charge in [-0.3, -0.25) is 14.5 Å². The van der Waals surface area contributed by atoms with Crippen LogP contribution in [-0.2, 0) is 11.4 Å². The number of nitro groups is 1. The summed E-state index contributed by atoms with van der Waals surface area (Å²) in [6.07, 6.45) is 3.53. The van der Waals surface area contributed by atoms with Crippen molar-refractivity contribution in [2.45, 2.75) is 6.61 Å². The Labute approximate surface area is 168 Å². The van der Waals surface area contributed by atoms with Crippen LogP contribution in [0.25, 0.3) is 16.2 Å². The van der Waals surface area contributed by atoms with Crippen LogP contribution in [-0.4, -0.2) is 20.5 Å². The van der Waals surface area contributed by atoms with Crippen molar-refractivity contribution >= 4 is 39.8 Å². The second-order valence-corrected chi connectivity index (χ2v) is 7.15. The highest BCUT2D eigenvalue weighted by Crippen LogP contribution is 2.26. The Balaban J connectivity index is 1.53. The molecule has 0 N–H and O–H groups in total. The molecule has 0 aliphatic rings. The summed E-state index contributed by atoms with van der Waals surface area (Å²) in [4.78, 5) is 21.1. The number of imidazole rings is 1. The van der Waals surface area contributed by atoms with Gasteiger partial charge < -0.3 is 4.84 Å². The summed E-state index contributed by atoms with van der Waals surface area (Å²) in [5.41, 5.74) is 3.33. The lowest BCUT2D eigenvalue weighted by Gasteiger charge is -2.01. The van der Waals surface area contributed by atoms with Crippen LogP contribution in [0, 0.1) is 10.1 Å². The van der Waals surface area contributed by atoms with Crippen molar-refractivity contribution in [3.8, 4) is 11.3 Å². The van der Waals surface area contributed by atoms with Crippen molar-refractivity contribution in [3.63, 3.8) is 0 Å². The smallest absolute Gasteiger partial charge is 0.269 e. The molecule has 2 aromatic heterocycles. The lowest BCUT2D eigenvalue weighted by atomic mass is 10.1. The molecule has 28 heavy (non-hydrogen) atoms. The summed E-state index contributed by atoms with van der Waals surface area (Å²) in [6, 6.07) is 13.6. The van der Waals surface area contributed by atoms with Crippen molar-refractivity contribution in [2.75, 3.05) is 0 Å². The van der Waals surface area contributed by atoms with E-state index in [0.29, 0.717) is 5.02 Å². The van der Waals surface area contributed by atoms with Gasteiger partial charge in [-0.25, -0.2) is 4.98 Å². The maximum Gasteiger partial charge on any atom is 0.269 e. The Bertz CT molecular complexity index is 1150. The Morgan fingerprint density at radius 1 is 1.21 bits per heavy atom. The van der Waals surface area contributed by atoms with E-state index in [-0.39, 0.29) is 12.3 Å². The van der Waals surface area contributed by atoms with Gasteiger partial charge in [-0.1, -0.05) is 28.9 Å². The van der Waals surface area contributed by atoms with Crippen LogP contribution >= 0.6 is 22.9 Å². The van der Waals surface area contributed by atoms with Crippen LogP contribution < -0.4 is 0 Å². The molecule has 0 aliphatic heterocycles. The minimum absolute atomic E-state index is 0.0407. The average Bonchev–Trinajstić information content (AvgIpc) is 3.28. The minimum atomic E-state index is -0.438. The van der Waals surface area contributed by atoms with Gasteiger partial charge in [0.05, 0.1) is 22.5 Å². The zero-order valence-electron chi connectivity index (χ0n) is 14.4. The highest BCUT2D eigenvalue weighted by molar-refractivity contribution is 7.15. The first-order valence-electron chi connectivity index (χ1n) is 8.22. The molecule has 140 valence electrons. The highest BCUT2D eigenvalue weighted by atomic mass is 35.5. The van der Waals surface area contributed by atoms with Gasteiger partial charge in [-0.05, 0) is 29.8 Å². The van der Waals surface area contributed by atoms with E-state index in [9.17, 15) is 10.1 Å². The summed E-state index contributed by atoms with van der Waals surface area (Å²) in [6.45, 7) is 0.205. The third kappa shape index (κ3) is 3.73. The van der Waals surface area contributed by atoms with Gasteiger partial charge >= 0.3 is 0 Å². The fourth-order valence-electron chi connectivity index (χ4n) is 2.66. The highest BCUT2D eigenvalue weighted by Gasteiger charge is 2.13. The molecule has 0 spiro atoms. The maximum atomic E-state index is 10.7. The fourth-order valence-corrected chi connectivity index (χ4v) is 3.51. The summed E-state index contributed by atoms with van der Waals surface area (Å²) in [5.74, 6) is 0. The van der Waals surface area contributed by atoms with Crippen LogP contribution in [0.1, 0.15) is 11.3 Å². The van der Waals surface area contributed by atoms with Gasteiger partial charge in [0, 0.05) is 34.3 Å². The normalized spacial score (nSPS) is 11.3. The number of benzene rings is 2. The topological polar surface area (TPSA) is 82.0 Å². The number of halogens is 1. The van der Waals surface area contributed by atoms with Crippen molar-refractivity contribution in [1.82, 2.24) is 9.38 Å². The summed E-state index contributed by atoms with van der Waals surface area (Å²) < 4.78 is 1.94. The van der Waals surface area contributed by atoms with Gasteiger partial charge in [-0.15, -0.1) is 11.3 Å². The Kier molecular flexibility index (Phi) is 5.05. The second kappa shape index (κ2) is 7.79. The average molecular weight is 413 g/mol. The summed E-state index contributed by atoms with van der Waals surface area (Å²) in [7, 11) is 0. The molecule has 0 atom stereocenters. The first-order chi connectivity index (χ1) is 13.6. The lowest BCUT2D eigenvalue weighted by molar-refractivity contribution is -0.384. The van der Waals surface area contributed by atoms with E-state index in [0.717, 1.165) is 27.5 Å². The molecule has 0 aliphatic carbocycles. The molecule has 0 saturated heterocycles.